The van der Waals surface area contributed by atoms with Crippen molar-refractivity contribution in [3.8, 4) is 0 Å². The summed E-state index contributed by atoms with van der Waals surface area (Å²) in [4.78, 5) is 3.80. The Morgan fingerprint density at radius 1 is 1.42 bits per heavy atom. The van der Waals surface area contributed by atoms with Crippen molar-refractivity contribution in [2.45, 2.75) is 25.2 Å². The summed E-state index contributed by atoms with van der Waals surface area (Å²) < 4.78 is 1.43. The normalized spacial score (nSPS) is 16.1. The summed E-state index contributed by atoms with van der Waals surface area (Å²) >= 11 is 11.9. The highest BCUT2D eigenvalue weighted by molar-refractivity contribution is 6.35. The molecular weight excluding hydrogens is 289 g/mol. The average Bonchev–Trinajstić information content (AvgIpc) is 2.81. The van der Waals surface area contributed by atoms with Crippen molar-refractivity contribution in [1.29, 1.82) is 0 Å². The van der Waals surface area contributed by atoms with Gasteiger partial charge in [0.15, 0.2) is 0 Å². The quantitative estimate of drug-likeness (QED) is 0.904. The second-order valence-corrected chi connectivity index (χ2v) is 5.16. The van der Waals surface area contributed by atoms with E-state index < -0.39 is 11.7 Å². The number of aliphatic hydroxyl groups excluding tert-OH is 1. The molecule has 2 N–H and O–H groups in total. The second kappa shape index (κ2) is 5.46. The Morgan fingerprint density at radius 2 is 2.16 bits per heavy atom. The molecule has 0 unspecified atom stereocenters. The minimum absolute atomic E-state index is 0.0337. The Hall–Kier alpha value is -1.14. The van der Waals surface area contributed by atoms with Crippen LogP contribution in [-0.2, 0) is 12.1 Å². The van der Waals surface area contributed by atoms with Crippen LogP contribution in [-0.4, -0.2) is 31.1 Å². The minimum Gasteiger partial charge on any atom is -0.390 e. The molecule has 5 nitrogen and oxygen atoms in total. The van der Waals surface area contributed by atoms with E-state index in [9.17, 15) is 10.2 Å². The van der Waals surface area contributed by atoms with E-state index in [0.717, 1.165) is 0 Å². The van der Waals surface area contributed by atoms with Crippen LogP contribution in [0.3, 0.4) is 0 Å². The van der Waals surface area contributed by atoms with E-state index in [1.54, 1.807) is 12.1 Å². The van der Waals surface area contributed by atoms with Crippen LogP contribution in [0.5, 0.6) is 0 Å². The van der Waals surface area contributed by atoms with Crippen LogP contribution in [0.2, 0.25) is 10.0 Å². The lowest BCUT2D eigenvalue weighted by atomic mass is 9.88. The Kier molecular flexibility index (Phi) is 4.10. The van der Waals surface area contributed by atoms with Crippen LogP contribution in [0.1, 0.15) is 12.5 Å². The van der Waals surface area contributed by atoms with Crippen molar-refractivity contribution in [2.75, 3.05) is 0 Å². The highest BCUT2D eigenvalue weighted by atomic mass is 35.5. The van der Waals surface area contributed by atoms with Gasteiger partial charge in [0.2, 0.25) is 0 Å². The van der Waals surface area contributed by atoms with Gasteiger partial charge in [-0.25, -0.2) is 9.67 Å². The molecule has 0 bridgehead atoms. The Morgan fingerprint density at radius 3 is 2.68 bits per heavy atom. The van der Waals surface area contributed by atoms with Crippen LogP contribution in [0.25, 0.3) is 0 Å². The van der Waals surface area contributed by atoms with E-state index in [4.69, 9.17) is 23.2 Å². The van der Waals surface area contributed by atoms with Crippen molar-refractivity contribution in [1.82, 2.24) is 14.8 Å². The zero-order chi connectivity index (χ0) is 14.0. The topological polar surface area (TPSA) is 71.2 Å². The molecule has 1 aromatic heterocycles. The zero-order valence-corrected chi connectivity index (χ0v) is 11.7. The van der Waals surface area contributed by atoms with Gasteiger partial charge in [0.1, 0.15) is 18.3 Å². The van der Waals surface area contributed by atoms with Gasteiger partial charge in [-0.1, -0.05) is 29.3 Å². The van der Waals surface area contributed by atoms with Crippen LogP contribution in [0.15, 0.2) is 30.9 Å². The highest BCUT2D eigenvalue weighted by Crippen LogP contribution is 2.34. The number of aromatic nitrogens is 3. The third kappa shape index (κ3) is 2.90. The first-order valence-corrected chi connectivity index (χ1v) is 6.37. The number of halogens is 2. The van der Waals surface area contributed by atoms with Gasteiger partial charge in [-0.2, -0.15) is 5.10 Å². The SMILES string of the molecule is C[C@@H](O)[C@](O)(Cn1cncn1)c1ccc(Cl)cc1Cl. The third-order valence-corrected chi connectivity index (χ3v) is 3.51. The maximum atomic E-state index is 10.7. The Balaban J connectivity index is 2.43. The van der Waals surface area contributed by atoms with Crippen molar-refractivity contribution in [3.63, 3.8) is 0 Å². The smallest absolute Gasteiger partial charge is 0.137 e. The molecule has 2 atom stereocenters. The fourth-order valence-corrected chi connectivity index (χ4v) is 2.42. The largest absolute Gasteiger partial charge is 0.390 e. The van der Waals surface area contributed by atoms with Gasteiger partial charge >= 0.3 is 0 Å². The molecule has 0 radical (unpaired) electrons. The summed E-state index contributed by atoms with van der Waals surface area (Å²) in [6.07, 6.45) is 1.76. The predicted octanol–water partition coefficient (Wildman–Crippen LogP) is 1.85. The summed E-state index contributed by atoms with van der Waals surface area (Å²) in [7, 11) is 0. The Labute approximate surface area is 120 Å². The first-order chi connectivity index (χ1) is 8.93. The molecule has 1 heterocycles. The van der Waals surface area contributed by atoms with E-state index in [1.165, 1.54) is 30.3 Å². The highest BCUT2D eigenvalue weighted by Gasteiger charge is 2.37. The van der Waals surface area contributed by atoms with Gasteiger partial charge in [0, 0.05) is 15.6 Å². The Bertz CT molecular complexity index is 560. The molecular formula is C12H13Cl2N3O2. The van der Waals surface area contributed by atoms with Crippen LogP contribution < -0.4 is 0 Å². The fraction of sp³-hybridized carbons (Fsp3) is 0.333. The molecule has 0 aliphatic carbocycles. The first-order valence-electron chi connectivity index (χ1n) is 5.62. The van der Waals surface area contributed by atoms with Gasteiger partial charge in [0.05, 0.1) is 12.6 Å². The summed E-state index contributed by atoms with van der Waals surface area (Å²) in [5, 5.41) is 25.3. The molecule has 2 aromatic rings. The molecule has 0 aliphatic rings. The molecule has 2 rings (SSSR count). The number of benzene rings is 1. The molecule has 0 saturated heterocycles. The van der Waals surface area contributed by atoms with E-state index in [-0.39, 0.29) is 11.6 Å². The number of hydrogen-bond acceptors (Lipinski definition) is 4. The van der Waals surface area contributed by atoms with Crippen LogP contribution in [0.4, 0.5) is 0 Å². The molecule has 0 saturated carbocycles. The summed E-state index contributed by atoms with van der Waals surface area (Å²) in [5.74, 6) is 0. The molecule has 7 heteroatoms. The van der Waals surface area contributed by atoms with E-state index in [1.807, 2.05) is 0 Å². The third-order valence-electron chi connectivity index (χ3n) is 2.96. The number of nitrogens with zero attached hydrogens (tertiary/aromatic N) is 3. The summed E-state index contributed by atoms with van der Waals surface area (Å²) in [5.41, 5.74) is -1.18. The van der Waals surface area contributed by atoms with Crippen molar-refractivity contribution < 1.29 is 10.2 Å². The van der Waals surface area contributed by atoms with Crippen molar-refractivity contribution in [2.24, 2.45) is 0 Å². The van der Waals surface area contributed by atoms with Gasteiger partial charge in [-0.15, -0.1) is 0 Å². The lowest BCUT2D eigenvalue weighted by molar-refractivity contribution is -0.0851. The standard InChI is InChI=1S/C12H13Cl2N3O2/c1-8(18)12(19,5-17-7-15-6-16-17)10-3-2-9(13)4-11(10)14/h2-4,6-8,18-19H,5H2,1H3/t8-,12-/m1/s1. The molecule has 0 aliphatic heterocycles. The monoisotopic (exact) mass is 301 g/mol. The van der Waals surface area contributed by atoms with E-state index in [0.29, 0.717) is 10.6 Å². The molecule has 19 heavy (non-hydrogen) atoms. The second-order valence-electron chi connectivity index (χ2n) is 4.32. The van der Waals surface area contributed by atoms with Crippen LogP contribution in [0, 0.1) is 0 Å². The minimum atomic E-state index is -1.57. The predicted molar refractivity (Wildman–Crippen MR) is 72.1 cm³/mol. The van der Waals surface area contributed by atoms with E-state index in [2.05, 4.69) is 10.1 Å². The maximum absolute atomic E-state index is 10.7. The number of hydrogen-bond donors (Lipinski definition) is 2. The summed E-state index contributed by atoms with van der Waals surface area (Å²) in [6, 6.07) is 4.72. The summed E-state index contributed by atoms with van der Waals surface area (Å²) in [6.45, 7) is 1.52. The van der Waals surface area contributed by atoms with E-state index >= 15 is 0 Å². The molecule has 102 valence electrons. The molecule has 0 fully saturated rings. The van der Waals surface area contributed by atoms with Crippen LogP contribution >= 0.6 is 23.2 Å². The molecule has 0 amide bonds. The fourth-order valence-electron chi connectivity index (χ4n) is 1.84. The van der Waals surface area contributed by atoms with Gasteiger partial charge in [-0.05, 0) is 19.1 Å². The average molecular weight is 302 g/mol. The van der Waals surface area contributed by atoms with Crippen molar-refractivity contribution in [3.05, 3.63) is 46.5 Å². The zero-order valence-electron chi connectivity index (χ0n) is 10.2. The maximum Gasteiger partial charge on any atom is 0.137 e. The molecule has 1 aromatic carbocycles. The van der Waals surface area contributed by atoms with Gasteiger partial charge in [0.25, 0.3) is 0 Å². The lowest BCUT2D eigenvalue weighted by Crippen LogP contribution is -2.42. The molecule has 0 spiro atoms. The lowest BCUT2D eigenvalue weighted by Gasteiger charge is -2.32. The first kappa shape index (κ1) is 14.3. The van der Waals surface area contributed by atoms with Crippen molar-refractivity contribution >= 4 is 23.2 Å². The van der Waals surface area contributed by atoms with Gasteiger partial charge < -0.3 is 10.2 Å². The number of rotatable bonds is 4. The number of aliphatic hydroxyl groups is 2. The van der Waals surface area contributed by atoms with Gasteiger partial charge in [-0.3, -0.25) is 0 Å².